The Hall–Kier alpha value is -1.99. The first-order chi connectivity index (χ1) is 17.1. The largest absolute Gasteiger partial charge is 0.489 e. The molecule has 2 aromatic rings. The molecule has 0 amide bonds. The Morgan fingerprint density at radius 1 is 1.06 bits per heavy atom. The van der Waals surface area contributed by atoms with E-state index in [2.05, 4.69) is 24.0 Å². The molecule has 1 N–H and O–H groups in total. The van der Waals surface area contributed by atoms with Crippen LogP contribution in [0.2, 0.25) is 5.02 Å². The summed E-state index contributed by atoms with van der Waals surface area (Å²) in [5, 5.41) is 11.9. The van der Waals surface area contributed by atoms with Gasteiger partial charge in [0.25, 0.3) is 0 Å². The molecular weight excluding hydrogens is 491 g/mol. The average molecular weight is 524 g/mol. The Morgan fingerprint density at radius 3 is 2.31 bits per heavy atom. The summed E-state index contributed by atoms with van der Waals surface area (Å²) in [7, 11) is 0. The van der Waals surface area contributed by atoms with E-state index >= 15 is 0 Å². The van der Waals surface area contributed by atoms with Crippen LogP contribution in [0.4, 0.5) is 13.2 Å². The van der Waals surface area contributed by atoms with Crippen LogP contribution in [-0.4, -0.2) is 40.3 Å². The quantitative estimate of drug-likeness (QED) is 0.435. The van der Waals surface area contributed by atoms with Gasteiger partial charge < -0.3 is 9.84 Å². The number of nitrogens with zero attached hydrogens (tertiary/aromatic N) is 1. The SMILES string of the molecule is CC(c1ccc2ccc(OC3CCC(C(F)(F)F)CC3)c(Cl)c2c1)N1C2CCCC1CC(C(=O)O)C2. The molecule has 0 aromatic heterocycles. The van der Waals surface area contributed by atoms with Gasteiger partial charge in [0.1, 0.15) is 5.75 Å². The molecule has 3 unspecified atom stereocenters. The van der Waals surface area contributed by atoms with Crippen LogP contribution in [0.3, 0.4) is 0 Å². The summed E-state index contributed by atoms with van der Waals surface area (Å²) in [4.78, 5) is 14.2. The molecule has 2 saturated heterocycles. The summed E-state index contributed by atoms with van der Waals surface area (Å²) in [6, 6.07) is 10.7. The van der Waals surface area contributed by atoms with Gasteiger partial charge in [-0.1, -0.05) is 36.2 Å². The Balaban J connectivity index is 1.34. The Bertz CT molecular complexity index is 1100. The van der Waals surface area contributed by atoms with E-state index in [9.17, 15) is 23.1 Å². The monoisotopic (exact) mass is 523 g/mol. The van der Waals surface area contributed by atoms with Gasteiger partial charge in [-0.05, 0) is 81.4 Å². The number of fused-ring (bicyclic) bond motifs is 3. The van der Waals surface area contributed by atoms with Crippen molar-refractivity contribution in [3.05, 3.63) is 40.9 Å². The van der Waals surface area contributed by atoms with Gasteiger partial charge in [0, 0.05) is 23.5 Å². The molecule has 5 rings (SSSR count). The number of carbonyl (C=O) groups is 1. The molecule has 0 radical (unpaired) electrons. The number of benzene rings is 2. The Morgan fingerprint density at radius 2 is 1.69 bits per heavy atom. The molecule has 3 aliphatic rings. The van der Waals surface area contributed by atoms with E-state index in [1.165, 1.54) is 0 Å². The Kier molecular flexibility index (Phi) is 7.16. The molecule has 3 fully saturated rings. The molecule has 3 atom stereocenters. The van der Waals surface area contributed by atoms with E-state index in [1.807, 2.05) is 18.2 Å². The van der Waals surface area contributed by atoms with E-state index in [1.54, 1.807) is 0 Å². The summed E-state index contributed by atoms with van der Waals surface area (Å²) in [5.41, 5.74) is 1.12. The standard InChI is InChI=1S/C28H33ClF3NO3/c1-16(33-21-3-2-4-22(33)14-19(13-21)27(34)35)18-6-5-17-7-12-25(26(29)24(17)15-18)36-23-10-8-20(9-11-23)28(30,31)32/h5-7,12,15-16,19-23H,2-4,8-11,13-14H2,1H3,(H,34,35). The normalized spacial score (nSPS) is 30.2. The van der Waals surface area contributed by atoms with Gasteiger partial charge in [-0.2, -0.15) is 13.2 Å². The lowest BCUT2D eigenvalue weighted by Crippen LogP contribution is -2.53. The maximum Gasteiger partial charge on any atom is 0.391 e. The van der Waals surface area contributed by atoms with E-state index in [4.69, 9.17) is 16.3 Å². The highest BCUT2D eigenvalue weighted by Crippen LogP contribution is 2.44. The second kappa shape index (κ2) is 10.1. The highest BCUT2D eigenvalue weighted by molar-refractivity contribution is 6.37. The van der Waals surface area contributed by atoms with Gasteiger partial charge in [-0.25, -0.2) is 0 Å². The van der Waals surface area contributed by atoms with Crippen LogP contribution in [0.25, 0.3) is 10.8 Å². The van der Waals surface area contributed by atoms with Crippen molar-refractivity contribution in [2.75, 3.05) is 0 Å². The third kappa shape index (κ3) is 5.06. The first-order valence-corrected chi connectivity index (χ1v) is 13.5. The van der Waals surface area contributed by atoms with Crippen LogP contribution < -0.4 is 4.74 Å². The van der Waals surface area contributed by atoms with Crippen molar-refractivity contribution < 1.29 is 27.8 Å². The fraction of sp³-hybridized carbons (Fsp3) is 0.607. The zero-order valence-corrected chi connectivity index (χ0v) is 21.2. The van der Waals surface area contributed by atoms with Crippen molar-refractivity contribution in [2.24, 2.45) is 11.8 Å². The summed E-state index contributed by atoms with van der Waals surface area (Å²) < 4.78 is 45.1. The number of carboxylic acids is 1. The number of rotatable bonds is 5. The van der Waals surface area contributed by atoms with Crippen molar-refractivity contribution in [3.63, 3.8) is 0 Å². The number of hydrogen-bond donors (Lipinski definition) is 1. The van der Waals surface area contributed by atoms with Crippen molar-refractivity contribution >= 4 is 28.3 Å². The van der Waals surface area contributed by atoms with Crippen LogP contribution in [0.1, 0.15) is 76.3 Å². The van der Waals surface area contributed by atoms with Crippen molar-refractivity contribution in [1.82, 2.24) is 4.90 Å². The maximum absolute atomic E-state index is 13.0. The van der Waals surface area contributed by atoms with Gasteiger partial charge in [-0.15, -0.1) is 0 Å². The minimum atomic E-state index is -4.14. The topological polar surface area (TPSA) is 49.8 Å². The van der Waals surface area contributed by atoms with E-state index in [-0.39, 0.29) is 43.0 Å². The smallest absolute Gasteiger partial charge is 0.391 e. The predicted octanol–water partition coefficient (Wildman–Crippen LogP) is 7.77. The second-order valence-corrected chi connectivity index (χ2v) is 11.2. The van der Waals surface area contributed by atoms with Gasteiger partial charge in [0.05, 0.1) is 23.0 Å². The van der Waals surface area contributed by atoms with Gasteiger partial charge in [0.15, 0.2) is 0 Å². The summed E-state index contributed by atoms with van der Waals surface area (Å²) >= 11 is 6.79. The zero-order chi connectivity index (χ0) is 25.6. The van der Waals surface area contributed by atoms with Gasteiger partial charge >= 0.3 is 12.1 Å². The van der Waals surface area contributed by atoms with E-state index < -0.39 is 18.1 Å². The second-order valence-electron chi connectivity index (χ2n) is 10.9. The fourth-order valence-electron chi connectivity index (χ4n) is 6.74. The zero-order valence-electron chi connectivity index (χ0n) is 20.4. The van der Waals surface area contributed by atoms with Crippen LogP contribution in [-0.2, 0) is 4.79 Å². The highest BCUT2D eigenvalue weighted by Gasteiger charge is 2.43. The van der Waals surface area contributed by atoms with Crippen LogP contribution >= 0.6 is 11.6 Å². The van der Waals surface area contributed by atoms with E-state index in [0.29, 0.717) is 36.5 Å². The number of carboxylic acid groups (broad SMARTS) is 1. The molecule has 2 aliphatic heterocycles. The fourth-order valence-corrected chi connectivity index (χ4v) is 7.01. The van der Waals surface area contributed by atoms with Crippen LogP contribution in [0.5, 0.6) is 5.75 Å². The lowest BCUT2D eigenvalue weighted by atomic mass is 9.77. The van der Waals surface area contributed by atoms with Crippen molar-refractivity contribution in [1.29, 1.82) is 0 Å². The Labute approximate surface area is 214 Å². The minimum absolute atomic E-state index is 0.0853. The maximum atomic E-state index is 13.0. The molecule has 36 heavy (non-hydrogen) atoms. The summed E-state index contributed by atoms with van der Waals surface area (Å²) in [6.07, 6.45) is 1.06. The van der Waals surface area contributed by atoms with Crippen LogP contribution in [0.15, 0.2) is 30.3 Å². The average Bonchev–Trinajstić information content (AvgIpc) is 2.84. The molecule has 2 heterocycles. The molecule has 4 nitrogen and oxygen atoms in total. The summed E-state index contributed by atoms with van der Waals surface area (Å²) in [5.74, 6) is -1.67. The van der Waals surface area contributed by atoms with Crippen LogP contribution in [0, 0.1) is 11.8 Å². The molecule has 0 spiro atoms. The molecule has 8 heteroatoms. The number of alkyl halides is 3. The number of aliphatic carboxylic acids is 1. The first kappa shape index (κ1) is 25.7. The first-order valence-electron chi connectivity index (χ1n) is 13.1. The molecule has 2 bridgehead atoms. The third-order valence-corrected chi connectivity index (χ3v) is 9.08. The molecule has 2 aromatic carbocycles. The minimum Gasteiger partial charge on any atom is -0.489 e. The third-order valence-electron chi connectivity index (χ3n) is 8.69. The van der Waals surface area contributed by atoms with Gasteiger partial charge in [0.2, 0.25) is 0 Å². The number of piperidine rings is 2. The van der Waals surface area contributed by atoms with Crippen molar-refractivity contribution in [3.8, 4) is 5.75 Å². The predicted molar refractivity (Wildman–Crippen MR) is 133 cm³/mol. The van der Waals surface area contributed by atoms with Gasteiger partial charge in [-0.3, -0.25) is 9.69 Å². The number of hydrogen-bond acceptors (Lipinski definition) is 3. The number of halogens is 4. The van der Waals surface area contributed by atoms with E-state index in [0.717, 1.165) is 35.6 Å². The molecular formula is C28H33ClF3NO3. The molecule has 1 saturated carbocycles. The summed E-state index contributed by atoms with van der Waals surface area (Å²) in [6.45, 7) is 2.18. The lowest BCUT2D eigenvalue weighted by Gasteiger charge is -2.51. The highest BCUT2D eigenvalue weighted by atomic mass is 35.5. The lowest BCUT2D eigenvalue weighted by molar-refractivity contribution is -0.185. The van der Waals surface area contributed by atoms with Crippen molar-refractivity contribution in [2.45, 2.75) is 95.1 Å². The molecule has 196 valence electrons. The molecule has 1 aliphatic carbocycles. The number of ether oxygens (including phenoxy) is 1.